The van der Waals surface area contributed by atoms with Crippen LogP contribution >= 0.6 is 0 Å². The number of likely N-dealkylation sites (tertiary alicyclic amines) is 1. The Kier molecular flexibility index (Phi) is 7.06. The molecule has 0 aliphatic carbocycles. The van der Waals surface area contributed by atoms with Crippen LogP contribution in [0.1, 0.15) is 57.0 Å². The van der Waals surface area contributed by atoms with E-state index in [9.17, 15) is 4.79 Å². The van der Waals surface area contributed by atoms with E-state index in [2.05, 4.69) is 31.0 Å². The van der Waals surface area contributed by atoms with Crippen LogP contribution in [0.15, 0.2) is 29.3 Å². The molecule has 1 N–H and O–H groups in total. The highest BCUT2D eigenvalue weighted by Crippen LogP contribution is 2.28. The Morgan fingerprint density at radius 2 is 1.85 bits per heavy atom. The van der Waals surface area contributed by atoms with Gasteiger partial charge in [-0.2, -0.15) is 0 Å². The van der Waals surface area contributed by atoms with Gasteiger partial charge in [-0.1, -0.05) is 26.0 Å². The summed E-state index contributed by atoms with van der Waals surface area (Å²) < 4.78 is 0. The van der Waals surface area contributed by atoms with E-state index in [0.717, 1.165) is 49.8 Å². The number of nitrogens with zero attached hydrogens (tertiary/aromatic N) is 3. The molecule has 5 heteroatoms. The third-order valence-electron chi connectivity index (χ3n) is 4.97. The Balaban J connectivity index is 2.04. The van der Waals surface area contributed by atoms with Crippen LogP contribution in [0.2, 0.25) is 0 Å². The van der Waals surface area contributed by atoms with Crippen molar-refractivity contribution in [3.63, 3.8) is 0 Å². The van der Waals surface area contributed by atoms with Gasteiger partial charge >= 0.3 is 0 Å². The molecule has 144 valence electrons. The number of guanidine groups is 1. The largest absolute Gasteiger partial charge is 0.357 e. The van der Waals surface area contributed by atoms with E-state index in [4.69, 9.17) is 4.99 Å². The maximum atomic E-state index is 12.4. The van der Waals surface area contributed by atoms with Gasteiger partial charge in [0.2, 0.25) is 0 Å². The van der Waals surface area contributed by atoms with Gasteiger partial charge in [0, 0.05) is 38.3 Å². The van der Waals surface area contributed by atoms with Gasteiger partial charge in [0.15, 0.2) is 5.96 Å². The molecule has 1 aliphatic rings. The minimum atomic E-state index is 0.0951. The Morgan fingerprint density at radius 3 is 2.35 bits per heavy atom. The van der Waals surface area contributed by atoms with Gasteiger partial charge in [-0.05, 0) is 50.3 Å². The molecule has 2 rings (SSSR count). The van der Waals surface area contributed by atoms with Crippen LogP contribution in [-0.4, -0.2) is 54.4 Å². The fourth-order valence-corrected chi connectivity index (χ4v) is 3.33. The van der Waals surface area contributed by atoms with Crippen LogP contribution in [0.3, 0.4) is 0 Å². The molecule has 1 aromatic rings. The molecule has 5 nitrogen and oxygen atoms in total. The summed E-state index contributed by atoms with van der Waals surface area (Å²) in [4.78, 5) is 21.4. The van der Waals surface area contributed by atoms with Crippen LogP contribution in [0.25, 0.3) is 0 Å². The van der Waals surface area contributed by atoms with Crippen LogP contribution in [0, 0.1) is 5.41 Å². The Morgan fingerprint density at radius 1 is 1.19 bits per heavy atom. The summed E-state index contributed by atoms with van der Waals surface area (Å²) in [7, 11) is 0. The van der Waals surface area contributed by atoms with Gasteiger partial charge in [-0.25, -0.2) is 4.99 Å². The number of carbonyl (C=O) groups excluding carboxylic acids is 1. The number of rotatable bonds is 6. The molecule has 0 radical (unpaired) electrons. The van der Waals surface area contributed by atoms with Crippen molar-refractivity contribution in [2.75, 3.05) is 32.7 Å². The van der Waals surface area contributed by atoms with Crippen LogP contribution in [0.5, 0.6) is 0 Å². The lowest BCUT2D eigenvalue weighted by Crippen LogP contribution is -2.40. The third kappa shape index (κ3) is 5.23. The Bertz CT molecular complexity index is 617. The van der Waals surface area contributed by atoms with E-state index < -0.39 is 0 Å². The lowest BCUT2D eigenvalue weighted by Gasteiger charge is -2.23. The van der Waals surface area contributed by atoms with E-state index in [1.807, 2.05) is 43.0 Å². The monoisotopic (exact) mass is 358 g/mol. The first-order valence-electron chi connectivity index (χ1n) is 9.81. The summed E-state index contributed by atoms with van der Waals surface area (Å²) in [6, 6.07) is 7.85. The maximum Gasteiger partial charge on any atom is 0.253 e. The smallest absolute Gasteiger partial charge is 0.253 e. The molecular weight excluding hydrogens is 324 g/mol. The first kappa shape index (κ1) is 20.3. The molecule has 26 heavy (non-hydrogen) atoms. The fraction of sp³-hybridized carbons (Fsp3) is 0.619. The average Bonchev–Trinajstić information content (AvgIpc) is 2.99. The zero-order valence-corrected chi connectivity index (χ0v) is 17.0. The summed E-state index contributed by atoms with van der Waals surface area (Å²) in [6.07, 6.45) is 1.19. The molecule has 1 saturated heterocycles. The molecule has 1 fully saturated rings. The first-order chi connectivity index (χ1) is 12.4. The van der Waals surface area contributed by atoms with E-state index >= 15 is 0 Å². The van der Waals surface area contributed by atoms with E-state index in [1.54, 1.807) is 0 Å². The van der Waals surface area contributed by atoms with Crippen molar-refractivity contribution < 1.29 is 4.79 Å². The van der Waals surface area contributed by atoms with Gasteiger partial charge < -0.3 is 15.1 Å². The van der Waals surface area contributed by atoms with Gasteiger partial charge in [0.1, 0.15) is 0 Å². The summed E-state index contributed by atoms with van der Waals surface area (Å²) in [5.41, 5.74) is 2.22. The molecule has 0 spiro atoms. The Hall–Kier alpha value is -2.04. The highest BCUT2D eigenvalue weighted by molar-refractivity contribution is 5.94. The number of amides is 1. The van der Waals surface area contributed by atoms with Gasteiger partial charge in [-0.3, -0.25) is 4.79 Å². The lowest BCUT2D eigenvalue weighted by molar-refractivity contribution is 0.0773. The number of hydrogen-bond acceptors (Lipinski definition) is 2. The lowest BCUT2D eigenvalue weighted by atomic mass is 9.93. The summed E-state index contributed by atoms with van der Waals surface area (Å²) in [5, 5.41) is 3.41. The zero-order chi connectivity index (χ0) is 19.2. The molecular formula is C21H34N4O. The second kappa shape index (κ2) is 9.06. The summed E-state index contributed by atoms with van der Waals surface area (Å²) >= 11 is 0. The highest BCUT2D eigenvalue weighted by Gasteiger charge is 2.30. The number of nitrogens with one attached hydrogen (secondary N) is 1. The fourth-order valence-electron chi connectivity index (χ4n) is 3.33. The van der Waals surface area contributed by atoms with Crippen LogP contribution in [-0.2, 0) is 6.54 Å². The molecule has 0 aromatic heterocycles. The van der Waals surface area contributed by atoms with Crippen molar-refractivity contribution in [3.05, 3.63) is 35.4 Å². The number of aliphatic imine (C=N–C) groups is 1. The van der Waals surface area contributed by atoms with E-state index in [0.29, 0.717) is 12.0 Å². The minimum absolute atomic E-state index is 0.0951. The summed E-state index contributed by atoms with van der Waals surface area (Å²) in [5.74, 6) is 1.08. The van der Waals surface area contributed by atoms with Gasteiger partial charge in [0.05, 0.1) is 6.54 Å². The normalized spacial score (nSPS) is 16.7. The van der Waals surface area contributed by atoms with E-state index in [-0.39, 0.29) is 5.91 Å². The molecule has 1 aromatic carbocycles. The molecule has 0 unspecified atom stereocenters. The van der Waals surface area contributed by atoms with Crippen molar-refractivity contribution in [2.45, 2.75) is 47.6 Å². The molecule has 0 saturated carbocycles. The SMILES string of the molecule is CCNC(=NCc1ccc(C(=O)N(CC)CC)cc1)N1CCC(C)(C)C1. The van der Waals surface area contributed by atoms with Crippen LogP contribution < -0.4 is 5.32 Å². The minimum Gasteiger partial charge on any atom is -0.357 e. The van der Waals surface area contributed by atoms with Gasteiger partial charge in [-0.15, -0.1) is 0 Å². The van der Waals surface area contributed by atoms with Crippen molar-refractivity contribution in [2.24, 2.45) is 10.4 Å². The highest BCUT2D eigenvalue weighted by atomic mass is 16.2. The predicted molar refractivity (Wildman–Crippen MR) is 108 cm³/mol. The second-order valence-electron chi connectivity index (χ2n) is 7.68. The number of benzene rings is 1. The number of hydrogen-bond donors (Lipinski definition) is 1. The standard InChI is InChI=1S/C21H34N4O/c1-6-22-20(25-14-13-21(4,5)16-25)23-15-17-9-11-18(12-10-17)19(26)24(7-2)8-3/h9-12H,6-8,13-16H2,1-5H3,(H,22,23). The average molecular weight is 359 g/mol. The quantitative estimate of drug-likeness (QED) is 0.626. The van der Waals surface area contributed by atoms with Crippen molar-refractivity contribution in [1.29, 1.82) is 0 Å². The second-order valence-corrected chi connectivity index (χ2v) is 7.68. The first-order valence-corrected chi connectivity index (χ1v) is 9.81. The van der Waals surface area contributed by atoms with Gasteiger partial charge in [0.25, 0.3) is 5.91 Å². The van der Waals surface area contributed by atoms with Crippen LogP contribution in [0.4, 0.5) is 0 Å². The van der Waals surface area contributed by atoms with Crippen molar-refractivity contribution in [1.82, 2.24) is 15.1 Å². The molecule has 0 bridgehead atoms. The van der Waals surface area contributed by atoms with Crippen molar-refractivity contribution in [3.8, 4) is 0 Å². The predicted octanol–water partition coefficient (Wildman–Crippen LogP) is 3.37. The topological polar surface area (TPSA) is 47.9 Å². The Labute approximate surface area is 158 Å². The molecule has 1 amide bonds. The van der Waals surface area contributed by atoms with Crippen molar-refractivity contribution >= 4 is 11.9 Å². The zero-order valence-electron chi connectivity index (χ0n) is 17.0. The molecule has 1 heterocycles. The summed E-state index contributed by atoms with van der Waals surface area (Å²) in [6.45, 7) is 15.8. The molecule has 1 aliphatic heterocycles. The molecule has 0 atom stereocenters. The number of carbonyl (C=O) groups is 1. The van der Waals surface area contributed by atoms with E-state index in [1.165, 1.54) is 6.42 Å². The third-order valence-corrected chi connectivity index (χ3v) is 4.97. The maximum absolute atomic E-state index is 12.4.